The highest BCUT2D eigenvalue weighted by molar-refractivity contribution is 6.09. The lowest BCUT2D eigenvalue weighted by Gasteiger charge is -2.10. The molecule has 1 amide bonds. The number of anilines is 1. The summed E-state index contributed by atoms with van der Waals surface area (Å²) in [6.45, 7) is 4.26. The Hall–Kier alpha value is -3.26. The van der Waals surface area contributed by atoms with Crippen LogP contribution in [0.15, 0.2) is 48.0 Å². The molecule has 1 N–H and O–H groups in total. The van der Waals surface area contributed by atoms with E-state index in [1.165, 1.54) is 6.08 Å². The highest BCUT2D eigenvalue weighted by atomic mass is 16.5. The molecule has 5 heteroatoms. The van der Waals surface area contributed by atoms with E-state index in [0.717, 1.165) is 5.56 Å². The zero-order chi connectivity index (χ0) is 18.2. The Kier molecular flexibility index (Phi) is 6.19. The minimum atomic E-state index is -0.466. The van der Waals surface area contributed by atoms with E-state index in [4.69, 9.17) is 9.47 Å². The number of carbonyl (C=O) groups is 1. The van der Waals surface area contributed by atoms with Gasteiger partial charge in [0.25, 0.3) is 5.91 Å². The third kappa shape index (κ3) is 4.85. The molecule has 2 aromatic rings. The van der Waals surface area contributed by atoms with Crippen LogP contribution in [0.2, 0.25) is 0 Å². The van der Waals surface area contributed by atoms with Crippen LogP contribution in [0.25, 0.3) is 6.08 Å². The van der Waals surface area contributed by atoms with Crippen LogP contribution in [-0.4, -0.2) is 19.6 Å². The van der Waals surface area contributed by atoms with E-state index < -0.39 is 5.91 Å². The lowest BCUT2D eigenvalue weighted by Crippen LogP contribution is -2.13. The predicted octanol–water partition coefficient (Wildman–Crippen LogP) is 3.95. The summed E-state index contributed by atoms with van der Waals surface area (Å²) >= 11 is 0. The van der Waals surface area contributed by atoms with Crippen molar-refractivity contribution in [2.45, 2.75) is 13.8 Å². The van der Waals surface area contributed by atoms with Gasteiger partial charge in [-0.05, 0) is 49.8 Å². The van der Waals surface area contributed by atoms with Crippen LogP contribution in [0.3, 0.4) is 0 Å². The number of hydrogen-bond acceptors (Lipinski definition) is 4. The Morgan fingerprint density at radius 3 is 2.72 bits per heavy atom. The third-order valence-corrected chi connectivity index (χ3v) is 3.46. The summed E-state index contributed by atoms with van der Waals surface area (Å²) in [4.78, 5) is 12.4. The van der Waals surface area contributed by atoms with Gasteiger partial charge in [0.2, 0.25) is 0 Å². The van der Waals surface area contributed by atoms with Gasteiger partial charge in [-0.25, -0.2) is 0 Å². The summed E-state index contributed by atoms with van der Waals surface area (Å²) in [6, 6.07) is 14.6. The number of nitriles is 1. The van der Waals surface area contributed by atoms with Gasteiger partial charge in [-0.2, -0.15) is 5.26 Å². The van der Waals surface area contributed by atoms with E-state index in [1.54, 1.807) is 31.4 Å². The number of methoxy groups -OCH3 is 1. The average Bonchev–Trinajstić information content (AvgIpc) is 2.60. The van der Waals surface area contributed by atoms with Crippen LogP contribution >= 0.6 is 0 Å². The zero-order valence-electron chi connectivity index (χ0n) is 14.5. The standard InChI is InChI=1S/C20H20N2O3/c1-4-25-19-12-18(24-3)9-8-15(19)11-16(13-21)20(23)22-17-7-5-6-14(2)10-17/h5-12H,4H2,1-3H3,(H,22,23)/b16-11+. The molecule has 0 aliphatic rings. The summed E-state index contributed by atoms with van der Waals surface area (Å²) in [6.07, 6.45) is 1.51. The number of carbonyl (C=O) groups excluding carboxylic acids is 1. The van der Waals surface area contributed by atoms with E-state index in [2.05, 4.69) is 5.32 Å². The Morgan fingerprint density at radius 1 is 1.28 bits per heavy atom. The molecule has 0 bridgehead atoms. The minimum absolute atomic E-state index is 0.00683. The molecule has 0 fully saturated rings. The molecule has 0 spiro atoms. The van der Waals surface area contributed by atoms with Crippen LogP contribution in [-0.2, 0) is 4.79 Å². The molecule has 5 nitrogen and oxygen atoms in total. The Balaban J connectivity index is 2.30. The van der Waals surface area contributed by atoms with E-state index in [9.17, 15) is 10.1 Å². The number of nitrogens with zero attached hydrogens (tertiary/aromatic N) is 1. The highest BCUT2D eigenvalue weighted by Crippen LogP contribution is 2.27. The fraction of sp³-hybridized carbons (Fsp3) is 0.200. The van der Waals surface area contributed by atoms with Gasteiger partial charge in [0.05, 0.1) is 13.7 Å². The molecular weight excluding hydrogens is 316 g/mol. The monoisotopic (exact) mass is 336 g/mol. The van der Waals surface area contributed by atoms with Gasteiger partial charge in [-0.1, -0.05) is 12.1 Å². The maximum atomic E-state index is 12.4. The first kappa shape index (κ1) is 18.1. The van der Waals surface area contributed by atoms with E-state index in [1.807, 2.05) is 38.1 Å². The van der Waals surface area contributed by atoms with Crippen molar-refractivity contribution in [2.75, 3.05) is 19.0 Å². The lowest BCUT2D eigenvalue weighted by atomic mass is 10.1. The third-order valence-electron chi connectivity index (χ3n) is 3.46. The number of ether oxygens (including phenoxy) is 2. The average molecular weight is 336 g/mol. The summed E-state index contributed by atoms with van der Waals surface area (Å²) in [5, 5.41) is 12.1. The number of rotatable bonds is 6. The summed E-state index contributed by atoms with van der Waals surface area (Å²) in [5.41, 5.74) is 2.30. The fourth-order valence-electron chi connectivity index (χ4n) is 2.27. The summed E-state index contributed by atoms with van der Waals surface area (Å²) in [7, 11) is 1.57. The van der Waals surface area contributed by atoms with Crippen molar-refractivity contribution in [1.29, 1.82) is 5.26 Å². The van der Waals surface area contributed by atoms with Gasteiger partial charge in [0.1, 0.15) is 23.1 Å². The molecule has 0 radical (unpaired) electrons. The van der Waals surface area contributed by atoms with Crippen molar-refractivity contribution < 1.29 is 14.3 Å². The van der Waals surface area contributed by atoms with Crippen molar-refractivity contribution in [1.82, 2.24) is 0 Å². The molecule has 0 aliphatic heterocycles. The van der Waals surface area contributed by atoms with Gasteiger partial charge >= 0.3 is 0 Å². The van der Waals surface area contributed by atoms with Crippen LogP contribution in [0.5, 0.6) is 11.5 Å². The molecular formula is C20H20N2O3. The quantitative estimate of drug-likeness (QED) is 0.640. The molecule has 25 heavy (non-hydrogen) atoms. The van der Waals surface area contributed by atoms with E-state index in [-0.39, 0.29) is 5.57 Å². The van der Waals surface area contributed by atoms with Crippen molar-refractivity contribution in [3.05, 3.63) is 59.2 Å². The van der Waals surface area contributed by atoms with Crippen LogP contribution in [0.4, 0.5) is 5.69 Å². The molecule has 0 saturated carbocycles. The number of nitrogens with one attached hydrogen (secondary N) is 1. The van der Waals surface area contributed by atoms with E-state index >= 15 is 0 Å². The van der Waals surface area contributed by atoms with Crippen molar-refractivity contribution in [3.63, 3.8) is 0 Å². The van der Waals surface area contributed by atoms with Crippen molar-refractivity contribution >= 4 is 17.7 Å². The van der Waals surface area contributed by atoms with Gasteiger partial charge in [0.15, 0.2) is 0 Å². The molecule has 128 valence electrons. The van der Waals surface area contributed by atoms with Gasteiger partial charge in [-0.15, -0.1) is 0 Å². The second-order valence-corrected chi connectivity index (χ2v) is 5.33. The maximum Gasteiger partial charge on any atom is 0.266 e. The number of hydrogen-bond donors (Lipinski definition) is 1. The number of amides is 1. The fourth-order valence-corrected chi connectivity index (χ4v) is 2.27. The SMILES string of the molecule is CCOc1cc(OC)ccc1/C=C(\C#N)C(=O)Nc1cccc(C)c1. The number of benzene rings is 2. The summed E-state index contributed by atoms with van der Waals surface area (Å²) in [5.74, 6) is 0.729. The van der Waals surface area contributed by atoms with Gasteiger partial charge < -0.3 is 14.8 Å². The topological polar surface area (TPSA) is 71.3 Å². The highest BCUT2D eigenvalue weighted by Gasteiger charge is 2.12. The largest absolute Gasteiger partial charge is 0.497 e. The predicted molar refractivity (Wildman–Crippen MR) is 97.6 cm³/mol. The molecule has 0 aliphatic carbocycles. The zero-order valence-corrected chi connectivity index (χ0v) is 14.5. The molecule has 2 aromatic carbocycles. The van der Waals surface area contributed by atoms with Crippen LogP contribution < -0.4 is 14.8 Å². The first-order valence-electron chi connectivity index (χ1n) is 7.88. The molecule has 0 aromatic heterocycles. The first-order valence-corrected chi connectivity index (χ1v) is 7.88. The summed E-state index contributed by atoms with van der Waals surface area (Å²) < 4.78 is 10.8. The minimum Gasteiger partial charge on any atom is -0.497 e. The van der Waals surface area contributed by atoms with Crippen LogP contribution in [0.1, 0.15) is 18.1 Å². The molecule has 0 unspecified atom stereocenters. The maximum absolute atomic E-state index is 12.4. The first-order chi connectivity index (χ1) is 12.1. The van der Waals surface area contributed by atoms with Crippen LogP contribution in [0, 0.1) is 18.3 Å². The lowest BCUT2D eigenvalue weighted by molar-refractivity contribution is -0.112. The molecule has 2 rings (SSSR count). The smallest absolute Gasteiger partial charge is 0.266 e. The molecule has 0 saturated heterocycles. The Labute approximate surface area is 147 Å². The van der Waals surface area contributed by atoms with Gasteiger partial charge in [0, 0.05) is 17.3 Å². The Morgan fingerprint density at radius 2 is 2.08 bits per heavy atom. The van der Waals surface area contributed by atoms with Gasteiger partial charge in [-0.3, -0.25) is 4.79 Å². The van der Waals surface area contributed by atoms with Crippen molar-refractivity contribution in [3.8, 4) is 17.6 Å². The normalized spacial score (nSPS) is 10.7. The number of aryl methyl sites for hydroxylation is 1. The second kappa shape index (κ2) is 8.55. The van der Waals surface area contributed by atoms with Crippen molar-refractivity contribution in [2.24, 2.45) is 0 Å². The Bertz CT molecular complexity index is 835. The molecule has 0 heterocycles. The second-order valence-electron chi connectivity index (χ2n) is 5.33. The molecule has 0 atom stereocenters. The van der Waals surface area contributed by atoms with E-state index in [0.29, 0.717) is 29.4 Å².